The van der Waals surface area contributed by atoms with E-state index in [-0.39, 0.29) is 11.9 Å². The molecule has 19 heavy (non-hydrogen) atoms. The van der Waals surface area contributed by atoms with Gasteiger partial charge in [0.15, 0.2) is 0 Å². The lowest BCUT2D eigenvalue weighted by Gasteiger charge is -2.06. The maximum Gasteiger partial charge on any atom is 0.258 e. The van der Waals surface area contributed by atoms with Gasteiger partial charge in [-0.1, -0.05) is 15.9 Å². The first-order valence-corrected chi connectivity index (χ1v) is 6.30. The number of hydrogen-bond acceptors (Lipinski definition) is 5. The summed E-state index contributed by atoms with van der Waals surface area (Å²) in [6, 6.07) is 4.96. The number of hydrogen-bond donors (Lipinski definition) is 2. The van der Waals surface area contributed by atoms with Gasteiger partial charge in [0.1, 0.15) is 0 Å². The number of aryl methyl sites for hydroxylation is 2. The number of rotatable bonds is 2. The van der Waals surface area contributed by atoms with Crippen LogP contribution in [0.2, 0.25) is 0 Å². The minimum Gasteiger partial charge on any atom is -0.399 e. The Kier molecular flexibility index (Phi) is 3.75. The van der Waals surface area contributed by atoms with Gasteiger partial charge in [-0.2, -0.15) is 5.10 Å². The predicted molar refractivity (Wildman–Crippen MR) is 75.8 cm³/mol. The molecule has 0 fully saturated rings. The molecule has 98 valence electrons. The second-order valence-electron chi connectivity index (χ2n) is 4.03. The average molecular weight is 322 g/mol. The number of benzene rings is 1. The molecule has 0 radical (unpaired) electrons. The van der Waals surface area contributed by atoms with Crippen LogP contribution in [-0.2, 0) is 0 Å². The number of halogens is 1. The number of aromatic nitrogens is 3. The van der Waals surface area contributed by atoms with Gasteiger partial charge in [-0.05, 0) is 32.0 Å². The van der Waals surface area contributed by atoms with Crippen molar-refractivity contribution in [2.24, 2.45) is 0 Å². The molecule has 1 heterocycles. The van der Waals surface area contributed by atoms with Crippen molar-refractivity contribution in [2.75, 3.05) is 11.1 Å². The molecule has 6 nitrogen and oxygen atoms in total. The van der Waals surface area contributed by atoms with Gasteiger partial charge >= 0.3 is 0 Å². The highest BCUT2D eigenvalue weighted by molar-refractivity contribution is 9.10. The van der Waals surface area contributed by atoms with Crippen molar-refractivity contribution in [2.45, 2.75) is 13.8 Å². The molecule has 0 saturated heterocycles. The SMILES string of the molecule is Cc1nnc(NC(=O)c2cc(N)cc(Br)c2)nc1C. The summed E-state index contributed by atoms with van der Waals surface area (Å²) < 4.78 is 0.733. The Bertz CT molecular complexity index is 624. The van der Waals surface area contributed by atoms with Gasteiger partial charge in [0.25, 0.3) is 5.91 Å². The first kappa shape index (κ1) is 13.4. The molecule has 2 rings (SSSR count). The normalized spacial score (nSPS) is 10.3. The van der Waals surface area contributed by atoms with Crippen molar-refractivity contribution in [3.63, 3.8) is 0 Å². The molecular weight excluding hydrogens is 310 g/mol. The lowest BCUT2D eigenvalue weighted by Crippen LogP contribution is -2.16. The first-order chi connectivity index (χ1) is 8.95. The smallest absolute Gasteiger partial charge is 0.258 e. The molecule has 0 aliphatic carbocycles. The summed E-state index contributed by atoms with van der Waals surface area (Å²) >= 11 is 3.28. The monoisotopic (exact) mass is 321 g/mol. The fourth-order valence-electron chi connectivity index (χ4n) is 1.43. The van der Waals surface area contributed by atoms with E-state index in [2.05, 4.69) is 36.4 Å². The molecule has 0 bridgehead atoms. The number of anilines is 2. The van der Waals surface area contributed by atoms with Crippen LogP contribution in [0, 0.1) is 13.8 Å². The van der Waals surface area contributed by atoms with Gasteiger partial charge in [0.2, 0.25) is 5.95 Å². The Morgan fingerprint density at radius 3 is 2.58 bits per heavy atom. The summed E-state index contributed by atoms with van der Waals surface area (Å²) in [6.45, 7) is 3.60. The number of carbonyl (C=O) groups excluding carboxylic acids is 1. The summed E-state index contributed by atoms with van der Waals surface area (Å²) in [7, 11) is 0. The van der Waals surface area contributed by atoms with E-state index in [0.29, 0.717) is 11.3 Å². The van der Waals surface area contributed by atoms with Crippen LogP contribution in [0.5, 0.6) is 0 Å². The first-order valence-electron chi connectivity index (χ1n) is 5.51. The predicted octanol–water partition coefficient (Wildman–Crippen LogP) is 2.09. The van der Waals surface area contributed by atoms with Crippen LogP contribution in [0.4, 0.5) is 11.6 Å². The summed E-state index contributed by atoms with van der Waals surface area (Å²) in [4.78, 5) is 16.2. The van der Waals surface area contributed by atoms with E-state index in [4.69, 9.17) is 5.73 Å². The van der Waals surface area contributed by atoms with E-state index in [1.165, 1.54) is 0 Å². The van der Waals surface area contributed by atoms with Crippen LogP contribution in [0.25, 0.3) is 0 Å². The van der Waals surface area contributed by atoms with Gasteiger partial charge in [-0.15, -0.1) is 5.10 Å². The average Bonchev–Trinajstić information content (AvgIpc) is 2.32. The fourth-order valence-corrected chi connectivity index (χ4v) is 1.94. The highest BCUT2D eigenvalue weighted by Gasteiger charge is 2.10. The van der Waals surface area contributed by atoms with Gasteiger partial charge < -0.3 is 5.73 Å². The molecule has 7 heteroatoms. The van der Waals surface area contributed by atoms with Crippen molar-refractivity contribution in [3.05, 3.63) is 39.6 Å². The molecule has 0 atom stereocenters. The maximum absolute atomic E-state index is 12.0. The number of amides is 1. The lowest BCUT2D eigenvalue weighted by atomic mass is 10.2. The fraction of sp³-hybridized carbons (Fsp3) is 0.167. The third-order valence-corrected chi connectivity index (χ3v) is 2.96. The second-order valence-corrected chi connectivity index (χ2v) is 4.95. The van der Waals surface area contributed by atoms with Crippen LogP contribution >= 0.6 is 15.9 Å². The van der Waals surface area contributed by atoms with Crippen LogP contribution in [0.1, 0.15) is 21.7 Å². The van der Waals surface area contributed by atoms with Gasteiger partial charge in [-0.25, -0.2) is 4.98 Å². The summed E-state index contributed by atoms with van der Waals surface area (Å²) in [5, 5.41) is 10.3. The van der Waals surface area contributed by atoms with Gasteiger partial charge in [0.05, 0.1) is 11.4 Å². The Morgan fingerprint density at radius 2 is 1.95 bits per heavy atom. The van der Waals surface area contributed by atoms with Gasteiger partial charge in [-0.3, -0.25) is 10.1 Å². The highest BCUT2D eigenvalue weighted by Crippen LogP contribution is 2.18. The third-order valence-electron chi connectivity index (χ3n) is 2.50. The van der Waals surface area contributed by atoms with Crippen LogP contribution in [0.15, 0.2) is 22.7 Å². The molecule has 2 aromatic rings. The Balaban J connectivity index is 2.22. The van der Waals surface area contributed by atoms with E-state index in [9.17, 15) is 4.79 Å². The number of nitrogens with one attached hydrogen (secondary N) is 1. The van der Waals surface area contributed by atoms with Crippen LogP contribution in [-0.4, -0.2) is 21.1 Å². The number of nitrogens with zero attached hydrogens (tertiary/aromatic N) is 3. The number of nitrogens with two attached hydrogens (primary N) is 1. The molecule has 1 aromatic carbocycles. The van der Waals surface area contributed by atoms with E-state index < -0.39 is 0 Å². The summed E-state index contributed by atoms with van der Waals surface area (Å²) in [5.41, 5.74) is 8.05. The zero-order chi connectivity index (χ0) is 14.0. The number of nitrogen functional groups attached to an aromatic ring is 1. The standard InChI is InChI=1S/C12H12BrN5O/c1-6-7(2)17-18-12(15-6)16-11(19)8-3-9(13)5-10(14)4-8/h3-5H,14H2,1-2H3,(H,15,16,18,19). The molecule has 1 aromatic heterocycles. The zero-order valence-electron chi connectivity index (χ0n) is 10.4. The molecule has 3 N–H and O–H groups in total. The van der Waals surface area contributed by atoms with E-state index in [1.807, 2.05) is 0 Å². The van der Waals surface area contributed by atoms with Crippen molar-refractivity contribution in [1.82, 2.24) is 15.2 Å². The minimum absolute atomic E-state index is 0.173. The molecule has 0 unspecified atom stereocenters. The maximum atomic E-state index is 12.0. The Labute approximate surface area is 118 Å². The van der Waals surface area contributed by atoms with E-state index in [1.54, 1.807) is 32.0 Å². The molecule has 1 amide bonds. The van der Waals surface area contributed by atoms with Crippen molar-refractivity contribution in [1.29, 1.82) is 0 Å². The van der Waals surface area contributed by atoms with Gasteiger partial charge in [0, 0.05) is 15.7 Å². The molecule has 0 saturated carbocycles. The van der Waals surface area contributed by atoms with Crippen LogP contribution < -0.4 is 11.1 Å². The minimum atomic E-state index is -0.335. The quantitative estimate of drug-likeness (QED) is 0.826. The Morgan fingerprint density at radius 1 is 1.21 bits per heavy atom. The summed E-state index contributed by atoms with van der Waals surface area (Å²) in [5.74, 6) is -0.162. The molecule has 0 aliphatic rings. The van der Waals surface area contributed by atoms with Crippen LogP contribution in [0.3, 0.4) is 0 Å². The zero-order valence-corrected chi connectivity index (χ0v) is 12.0. The van der Waals surface area contributed by atoms with Crippen molar-refractivity contribution in [3.8, 4) is 0 Å². The molecule has 0 spiro atoms. The molecule has 0 aliphatic heterocycles. The molecular formula is C12H12BrN5O. The largest absolute Gasteiger partial charge is 0.399 e. The third kappa shape index (κ3) is 3.25. The summed E-state index contributed by atoms with van der Waals surface area (Å²) in [6.07, 6.45) is 0. The highest BCUT2D eigenvalue weighted by atomic mass is 79.9. The number of carbonyl (C=O) groups is 1. The van der Waals surface area contributed by atoms with Crippen molar-refractivity contribution < 1.29 is 4.79 Å². The van der Waals surface area contributed by atoms with E-state index >= 15 is 0 Å². The second kappa shape index (κ2) is 5.31. The van der Waals surface area contributed by atoms with E-state index in [0.717, 1.165) is 15.9 Å². The Hall–Kier alpha value is -2.02. The topological polar surface area (TPSA) is 93.8 Å². The van der Waals surface area contributed by atoms with Crippen molar-refractivity contribution >= 4 is 33.5 Å². The lowest BCUT2D eigenvalue weighted by molar-refractivity contribution is 0.102.